The van der Waals surface area contributed by atoms with Crippen molar-refractivity contribution in [2.24, 2.45) is 5.73 Å². The number of aryl methyl sites for hydroxylation is 1. The van der Waals surface area contributed by atoms with E-state index in [-0.39, 0.29) is 28.4 Å². The van der Waals surface area contributed by atoms with Crippen molar-refractivity contribution >= 4 is 38.5 Å². The van der Waals surface area contributed by atoms with Crippen LogP contribution in [0.3, 0.4) is 0 Å². The first-order valence-electron chi connectivity index (χ1n) is 18.2. The van der Waals surface area contributed by atoms with Crippen LogP contribution in [-0.2, 0) is 32.0 Å². The van der Waals surface area contributed by atoms with Crippen LogP contribution in [0.15, 0.2) is 55.1 Å². The molecule has 0 aliphatic carbocycles. The Morgan fingerprint density at radius 3 is 2.19 bits per heavy atom. The third-order valence-corrected chi connectivity index (χ3v) is 12.1. The molecular formula is C34H48N8O14P2. The molecule has 0 spiro atoms. The predicted octanol–water partition coefficient (Wildman–Crippen LogP) is -0.324. The second-order valence-corrected chi connectivity index (χ2v) is 16.3. The van der Waals surface area contributed by atoms with Crippen LogP contribution >= 0.6 is 15.6 Å². The van der Waals surface area contributed by atoms with Gasteiger partial charge in [0, 0.05) is 11.6 Å². The zero-order valence-corrected chi connectivity index (χ0v) is 33.8. The predicted molar refractivity (Wildman–Crippen MR) is 201 cm³/mol. The van der Waals surface area contributed by atoms with E-state index in [1.54, 1.807) is 12.1 Å². The number of aliphatic hydroxyl groups excluding tert-OH is 4. The maximum atomic E-state index is 12.7. The molecule has 0 saturated carbocycles. The van der Waals surface area contributed by atoms with Gasteiger partial charge in [0.05, 0.1) is 13.2 Å². The normalized spacial score (nSPS) is 26.6. The van der Waals surface area contributed by atoms with E-state index < -0.39 is 83.8 Å². The lowest BCUT2D eigenvalue weighted by molar-refractivity contribution is -0.765. The number of primary amides is 1. The van der Waals surface area contributed by atoms with Gasteiger partial charge >= 0.3 is 7.82 Å². The number of hydrogen-bond acceptors (Lipinski definition) is 18. The fourth-order valence-corrected chi connectivity index (χ4v) is 8.29. The van der Waals surface area contributed by atoms with Gasteiger partial charge in [-0.2, -0.15) is 4.57 Å². The molecule has 2 unspecified atom stereocenters. The first-order valence-corrected chi connectivity index (χ1v) is 21.1. The lowest BCUT2D eigenvalue weighted by atomic mass is 10.1. The zero-order chi connectivity index (χ0) is 42.5. The summed E-state index contributed by atoms with van der Waals surface area (Å²) in [5, 5.41) is 42.7. The largest absolute Gasteiger partial charge is 0.756 e. The van der Waals surface area contributed by atoms with Crippen LogP contribution in [0.1, 0.15) is 49.1 Å². The summed E-state index contributed by atoms with van der Waals surface area (Å²) in [6, 6.07) is 9.96. The Hall–Kier alpha value is -3.83. The molecule has 1 amide bonds. The number of ether oxygens (including phenoxy) is 2. The summed E-state index contributed by atoms with van der Waals surface area (Å²) in [5.41, 5.74) is 13.2. The van der Waals surface area contributed by atoms with E-state index in [0.29, 0.717) is 5.56 Å². The number of benzene rings is 1. The summed E-state index contributed by atoms with van der Waals surface area (Å²) >= 11 is 0. The molecule has 58 heavy (non-hydrogen) atoms. The minimum Gasteiger partial charge on any atom is -0.756 e. The van der Waals surface area contributed by atoms with Crippen LogP contribution in [0.5, 0.6) is 0 Å². The average molecular weight is 855 g/mol. The number of nitrogen functional groups attached to an aromatic ring is 1. The van der Waals surface area contributed by atoms with Gasteiger partial charge in [0.1, 0.15) is 48.2 Å². The average Bonchev–Trinajstić information content (AvgIpc) is 3.81. The Kier molecular flexibility index (Phi) is 14.9. The van der Waals surface area contributed by atoms with Gasteiger partial charge < -0.3 is 60.6 Å². The number of aliphatic hydroxyl groups is 4. The number of aromatic nitrogens is 5. The van der Waals surface area contributed by atoms with Crippen LogP contribution in [0, 0.1) is 6.92 Å². The molecular weight excluding hydrogens is 806 g/mol. The number of hydrogen-bond donors (Lipinski definition) is 7. The highest BCUT2D eigenvalue weighted by atomic mass is 31.3. The quantitative estimate of drug-likeness (QED) is 0.0595. The van der Waals surface area contributed by atoms with Crippen LogP contribution in [0.25, 0.3) is 22.6 Å². The second-order valence-electron chi connectivity index (χ2n) is 13.3. The van der Waals surface area contributed by atoms with Gasteiger partial charge in [-0.05, 0) is 32.6 Å². The third kappa shape index (κ3) is 10.5. The van der Waals surface area contributed by atoms with Crippen LogP contribution < -0.4 is 20.9 Å². The van der Waals surface area contributed by atoms with Gasteiger partial charge in [-0.1, -0.05) is 50.6 Å². The van der Waals surface area contributed by atoms with E-state index in [1.807, 2.05) is 19.1 Å². The Bertz CT molecular complexity index is 2120. The topological polar surface area (TPSA) is 324 Å². The molecule has 2 saturated heterocycles. The molecule has 1 aromatic carbocycles. The fourth-order valence-electron chi connectivity index (χ4n) is 6.24. The maximum absolute atomic E-state index is 12.7. The molecule has 318 valence electrons. The van der Waals surface area contributed by atoms with Crippen molar-refractivity contribution in [2.75, 3.05) is 38.6 Å². The lowest BCUT2D eigenvalue weighted by Crippen LogP contribution is -2.46. The molecule has 2 fully saturated rings. The summed E-state index contributed by atoms with van der Waals surface area (Å²) < 4.78 is 52.7. The summed E-state index contributed by atoms with van der Waals surface area (Å²) in [6.45, 7) is 10.1. The monoisotopic (exact) mass is 854 g/mol. The van der Waals surface area contributed by atoms with Crippen molar-refractivity contribution in [3.8, 4) is 11.4 Å². The number of pyridine rings is 1. The second kappa shape index (κ2) is 19.0. The Morgan fingerprint density at radius 2 is 1.57 bits per heavy atom. The van der Waals surface area contributed by atoms with Gasteiger partial charge in [0.2, 0.25) is 0 Å². The number of rotatable bonds is 15. The number of carbonyl (C=O) groups excluding carboxylic acids is 1. The molecule has 0 radical (unpaired) electrons. The number of carbonyl (C=O) groups is 1. The molecule has 2 aliphatic rings. The van der Waals surface area contributed by atoms with E-state index in [4.69, 9.17) is 25.5 Å². The van der Waals surface area contributed by atoms with E-state index >= 15 is 0 Å². The van der Waals surface area contributed by atoms with Gasteiger partial charge in [-0.15, -0.1) is 0 Å². The number of phosphoric ester groups is 2. The van der Waals surface area contributed by atoms with Crippen LogP contribution in [-0.4, -0.2) is 125 Å². The Morgan fingerprint density at radius 1 is 0.948 bits per heavy atom. The first-order chi connectivity index (χ1) is 27.4. The number of amides is 1. The highest BCUT2D eigenvalue weighted by Crippen LogP contribution is 2.58. The molecule has 5 heterocycles. The van der Waals surface area contributed by atoms with Crippen molar-refractivity contribution in [3.63, 3.8) is 0 Å². The van der Waals surface area contributed by atoms with E-state index in [9.17, 15) is 44.1 Å². The molecule has 3 aromatic heterocycles. The molecule has 24 heteroatoms. The number of nitrogens with two attached hydrogens (primary N) is 2. The molecule has 22 nitrogen and oxygen atoms in total. The van der Waals surface area contributed by atoms with Crippen LogP contribution in [0.4, 0.5) is 5.82 Å². The Balaban J connectivity index is 0.000000839. The van der Waals surface area contributed by atoms with Crippen LogP contribution in [0.2, 0.25) is 0 Å². The molecule has 2 aliphatic heterocycles. The number of fused-ring (bicyclic) bond motifs is 1. The fraction of sp³-hybridized carbons (Fsp3) is 0.500. The van der Waals surface area contributed by atoms with Crippen molar-refractivity contribution < 1.29 is 71.5 Å². The third-order valence-electron chi connectivity index (χ3n) is 9.49. The number of anilines is 1. The van der Waals surface area contributed by atoms with Gasteiger partial charge in [-0.25, -0.2) is 23.8 Å². The minimum atomic E-state index is -5.66. The zero-order valence-electron chi connectivity index (χ0n) is 32.0. The van der Waals surface area contributed by atoms with Crippen molar-refractivity contribution in [1.29, 1.82) is 0 Å². The highest BCUT2D eigenvalue weighted by molar-refractivity contribution is 7.60. The van der Waals surface area contributed by atoms with Crippen molar-refractivity contribution in [1.82, 2.24) is 24.4 Å². The lowest BCUT2D eigenvalue weighted by Gasteiger charge is -2.26. The van der Waals surface area contributed by atoms with Gasteiger partial charge in [-0.3, -0.25) is 18.5 Å². The van der Waals surface area contributed by atoms with Crippen molar-refractivity contribution in [3.05, 3.63) is 66.2 Å². The maximum Gasteiger partial charge on any atom is 0.478 e. The van der Waals surface area contributed by atoms with Gasteiger partial charge in [0.15, 0.2) is 41.7 Å². The van der Waals surface area contributed by atoms with Gasteiger partial charge in [0.25, 0.3) is 20.0 Å². The Labute approximate surface area is 332 Å². The SMILES string of the molecule is CCN(CC)CC.Cc1ccc(-c2nc3c(N)ncnc3n2[C@@H]2O[C@H](COP(=O)(O)OP(=O)([O-])OC[C@H]3O[C@@H]([n+]4cccc(C(N)=O)c4)[C@H](O)[C@@H]3O)[C@@H](O)[C@H]2O)cc1. The molecule has 4 aromatic rings. The standard InChI is InChI=1S/C28H33N7O14P2.C6H15N/c1-13-4-6-14(7-5-13)25-33-18-23(29)31-12-32-26(18)35(25)28-22(39)20(37)17(48-28)11-46-51(43,44)49-50(41,42)45-10-16-19(36)21(38)27(47-16)34-8-2-3-15(9-34)24(30)40;1-4-7(5-2)6-3/h2-9,12,16-17,19-22,27-28,36-39H,10-11H2,1H3,(H5-,29,30,31,32,40,41,42,43,44);4-6H2,1-3H3/t16-,17-,19-,20-,21-,22-,27-,28-;/m1./s1. The van der Waals surface area contributed by atoms with E-state index in [1.165, 1.54) is 59.6 Å². The number of phosphoric acid groups is 2. The van der Waals surface area contributed by atoms with E-state index in [0.717, 1.165) is 5.56 Å². The number of imidazole rings is 1. The highest BCUT2D eigenvalue weighted by Gasteiger charge is 2.50. The summed E-state index contributed by atoms with van der Waals surface area (Å²) in [7, 11) is -11.2. The molecule has 10 atom stereocenters. The van der Waals surface area contributed by atoms with Crippen molar-refractivity contribution in [2.45, 2.75) is 76.8 Å². The van der Waals surface area contributed by atoms with E-state index in [2.05, 4.69) is 49.5 Å². The summed E-state index contributed by atoms with van der Waals surface area (Å²) in [6.07, 6.45) is -8.56. The number of nitrogens with zero attached hydrogens (tertiary/aromatic N) is 6. The smallest absolute Gasteiger partial charge is 0.478 e. The summed E-state index contributed by atoms with van der Waals surface area (Å²) in [4.78, 5) is 49.2. The molecule has 0 bridgehead atoms. The summed E-state index contributed by atoms with van der Waals surface area (Å²) in [5.74, 6) is -0.507. The molecule has 6 rings (SSSR count). The minimum absolute atomic E-state index is 0.0292. The molecule has 9 N–H and O–H groups in total. The first kappa shape index (κ1) is 45.3.